The fourth-order valence-electron chi connectivity index (χ4n) is 5.19. The maximum Gasteiger partial charge on any atom is 0.238 e. The molecule has 8 rings (SSSR count). The molecule has 0 N–H and O–H groups in total. The van der Waals surface area contributed by atoms with E-state index in [1.807, 2.05) is 41.0 Å². The molecule has 7 aromatic rings. The van der Waals surface area contributed by atoms with Crippen LogP contribution in [-0.2, 0) is 0 Å². The summed E-state index contributed by atoms with van der Waals surface area (Å²) in [6.07, 6.45) is 10.4. The van der Waals surface area contributed by atoms with E-state index in [4.69, 9.17) is 15.0 Å². The Morgan fingerprint density at radius 3 is 2.51 bits per heavy atom. The predicted octanol–water partition coefficient (Wildman–Crippen LogP) is 6.67. The minimum Gasteiger partial charge on any atom is -0.277 e. The first kappa shape index (κ1) is 19.0. The molecular formula is C28H18N6S. The van der Waals surface area contributed by atoms with E-state index < -0.39 is 0 Å². The third-order valence-electron chi connectivity index (χ3n) is 6.74. The van der Waals surface area contributed by atoms with Crippen molar-refractivity contribution < 1.29 is 0 Å². The number of benzene rings is 2. The van der Waals surface area contributed by atoms with Crippen LogP contribution < -0.4 is 0 Å². The number of pyridine rings is 1. The summed E-state index contributed by atoms with van der Waals surface area (Å²) in [5, 5.41) is 9.26. The van der Waals surface area contributed by atoms with E-state index in [0.717, 1.165) is 46.0 Å². The zero-order valence-electron chi connectivity index (χ0n) is 18.6. The number of thiophene rings is 1. The molecular weight excluding hydrogens is 452 g/mol. The Labute approximate surface area is 203 Å². The van der Waals surface area contributed by atoms with Crippen molar-refractivity contribution in [1.82, 2.24) is 29.1 Å². The van der Waals surface area contributed by atoms with E-state index in [0.29, 0.717) is 17.6 Å². The minimum atomic E-state index is 0.634. The maximum atomic E-state index is 5.02. The van der Waals surface area contributed by atoms with Crippen LogP contribution in [-0.4, -0.2) is 29.1 Å². The molecule has 0 saturated heterocycles. The SMILES string of the molecule is C1=CC(c2nc(-c3ccccc3)nc(-n3c4csc5c4c4c3cccc4n3nccc53)n2)=CCC1. The number of fused-ring (bicyclic) bond motifs is 3. The molecule has 0 saturated carbocycles. The highest BCUT2D eigenvalue weighted by Gasteiger charge is 2.23. The van der Waals surface area contributed by atoms with Crippen molar-refractivity contribution >= 4 is 54.4 Å². The van der Waals surface area contributed by atoms with Crippen molar-refractivity contribution in [2.45, 2.75) is 12.8 Å². The number of aromatic nitrogens is 6. The van der Waals surface area contributed by atoms with Gasteiger partial charge in [-0.1, -0.05) is 54.6 Å². The summed E-state index contributed by atoms with van der Waals surface area (Å²) < 4.78 is 5.46. The Morgan fingerprint density at radius 1 is 0.743 bits per heavy atom. The second-order valence-corrected chi connectivity index (χ2v) is 9.63. The van der Waals surface area contributed by atoms with Gasteiger partial charge in [0.1, 0.15) is 0 Å². The molecule has 1 aliphatic carbocycles. The van der Waals surface area contributed by atoms with Gasteiger partial charge in [-0.25, -0.2) is 9.50 Å². The summed E-state index contributed by atoms with van der Waals surface area (Å²) in [4.78, 5) is 14.9. The first-order valence-corrected chi connectivity index (χ1v) is 12.5. The molecule has 6 nitrogen and oxygen atoms in total. The fourth-order valence-corrected chi connectivity index (χ4v) is 6.25. The quantitative estimate of drug-likeness (QED) is 0.289. The Bertz CT molecular complexity index is 1950. The fraction of sp³-hybridized carbons (Fsp3) is 0.0714. The third kappa shape index (κ3) is 2.64. The maximum absolute atomic E-state index is 5.02. The van der Waals surface area contributed by atoms with Gasteiger partial charge in [0.05, 0.1) is 33.0 Å². The second-order valence-electron chi connectivity index (χ2n) is 8.75. The van der Waals surface area contributed by atoms with Crippen LogP contribution in [0.25, 0.3) is 60.4 Å². The Hall–Kier alpha value is -4.36. The smallest absolute Gasteiger partial charge is 0.238 e. The highest BCUT2D eigenvalue weighted by atomic mass is 32.1. The average molecular weight is 471 g/mol. The molecule has 7 heteroatoms. The van der Waals surface area contributed by atoms with Gasteiger partial charge >= 0.3 is 0 Å². The van der Waals surface area contributed by atoms with E-state index >= 15 is 0 Å². The molecule has 35 heavy (non-hydrogen) atoms. The third-order valence-corrected chi connectivity index (χ3v) is 7.73. The first-order valence-electron chi connectivity index (χ1n) is 11.7. The molecule has 0 spiro atoms. The molecule has 0 unspecified atom stereocenters. The largest absolute Gasteiger partial charge is 0.277 e. The van der Waals surface area contributed by atoms with E-state index in [-0.39, 0.29) is 0 Å². The molecule has 2 aromatic carbocycles. The summed E-state index contributed by atoms with van der Waals surface area (Å²) in [6, 6.07) is 18.6. The van der Waals surface area contributed by atoms with Crippen LogP contribution in [0.2, 0.25) is 0 Å². The van der Waals surface area contributed by atoms with Gasteiger partial charge in [0, 0.05) is 27.3 Å². The van der Waals surface area contributed by atoms with Gasteiger partial charge in [0.2, 0.25) is 5.95 Å². The van der Waals surface area contributed by atoms with E-state index in [1.165, 1.54) is 15.5 Å². The van der Waals surface area contributed by atoms with Gasteiger partial charge in [0.15, 0.2) is 11.6 Å². The molecule has 166 valence electrons. The van der Waals surface area contributed by atoms with Crippen LogP contribution in [0.15, 0.2) is 84.4 Å². The van der Waals surface area contributed by atoms with Gasteiger partial charge in [0.25, 0.3) is 0 Å². The topological polar surface area (TPSA) is 60.9 Å². The molecule has 5 aromatic heterocycles. The molecule has 1 aliphatic rings. The zero-order chi connectivity index (χ0) is 22.9. The summed E-state index contributed by atoms with van der Waals surface area (Å²) in [5.41, 5.74) is 6.42. The van der Waals surface area contributed by atoms with E-state index in [2.05, 4.69) is 57.5 Å². The zero-order valence-corrected chi connectivity index (χ0v) is 19.4. The molecule has 0 amide bonds. The molecule has 0 fully saturated rings. The number of rotatable bonds is 3. The van der Waals surface area contributed by atoms with Gasteiger partial charge in [-0.3, -0.25) is 4.57 Å². The number of allylic oxidation sites excluding steroid dienone is 4. The normalized spacial score (nSPS) is 14.1. The van der Waals surface area contributed by atoms with Crippen LogP contribution in [0, 0.1) is 0 Å². The van der Waals surface area contributed by atoms with Crippen LogP contribution in [0.3, 0.4) is 0 Å². The van der Waals surface area contributed by atoms with E-state index in [9.17, 15) is 0 Å². The molecule has 0 bridgehead atoms. The van der Waals surface area contributed by atoms with Crippen LogP contribution >= 0.6 is 11.3 Å². The van der Waals surface area contributed by atoms with Gasteiger partial charge in [-0.2, -0.15) is 15.1 Å². The first-order chi connectivity index (χ1) is 17.4. The van der Waals surface area contributed by atoms with Crippen molar-refractivity contribution in [3.8, 4) is 17.3 Å². The predicted molar refractivity (Wildman–Crippen MR) is 141 cm³/mol. The highest BCUT2D eigenvalue weighted by Crippen LogP contribution is 2.43. The van der Waals surface area contributed by atoms with Crippen molar-refractivity contribution in [1.29, 1.82) is 0 Å². The lowest BCUT2D eigenvalue weighted by atomic mass is 10.1. The van der Waals surface area contributed by atoms with Gasteiger partial charge in [-0.05, 0) is 31.0 Å². The Kier molecular flexibility index (Phi) is 3.84. The number of nitrogens with zero attached hydrogens (tertiary/aromatic N) is 6. The summed E-state index contributed by atoms with van der Waals surface area (Å²) in [7, 11) is 0. The van der Waals surface area contributed by atoms with Crippen molar-refractivity contribution in [2.24, 2.45) is 0 Å². The Balaban J connectivity index is 1.49. The second kappa shape index (κ2) is 7.07. The van der Waals surface area contributed by atoms with Crippen molar-refractivity contribution in [3.05, 3.63) is 90.2 Å². The standard InChI is InChI=1S/C28H18N6S/c1-3-8-17(9-4-1)26-30-27(18-10-5-2-6-11-18)32-28(31-26)33-19-12-7-13-20-23(19)24-22(33)16-35-25(24)21-14-15-29-34(20)21/h1,3-5,7-16H,2,6H2. The van der Waals surface area contributed by atoms with Crippen molar-refractivity contribution in [2.75, 3.05) is 0 Å². The monoisotopic (exact) mass is 470 g/mol. The lowest BCUT2D eigenvalue weighted by Crippen LogP contribution is -2.08. The molecule has 0 radical (unpaired) electrons. The van der Waals surface area contributed by atoms with Gasteiger partial charge in [-0.15, -0.1) is 11.3 Å². The summed E-state index contributed by atoms with van der Waals surface area (Å²) in [5.74, 6) is 2.01. The lowest BCUT2D eigenvalue weighted by molar-refractivity contribution is 0.928. The average Bonchev–Trinajstić information content (AvgIpc) is 3.64. The molecule has 0 atom stereocenters. The lowest BCUT2D eigenvalue weighted by Gasteiger charge is -2.12. The highest BCUT2D eigenvalue weighted by molar-refractivity contribution is 7.19. The number of hydrogen-bond donors (Lipinski definition) is 0. The molecule has 0 aliphatic heterocycles. The Morgan fingerprint density at radius 2 is 1.63 bits per heavy atom. The van der Waals surface area contributed by atoms with E-state index in [1.54, 1.807) is 11.3 Å². The summed E-state index contributed by atoms with van der Waals surface area (Å²) >= 11 is 1.74. The minimum absolute atomic E-state index is 0.634. The van der Waals surface area contributed by atoms with Crippen LogP contribution in [0.1, 0.15) is 18.7 Å². The van der Waals surface area contributed by atoms with Gasteiger partial charge < -0.3 is 0 Å². The van der Waals surface area contributed by atoms with Crippen LogP contribution in [0.5, 0.6) is 0 Å². The summed E-state index contributed by atoms with van der Waals surface area (Å²) in [6.45, 7) is 0. The molecule has 5 heterocycles. The van der Waals surface area contributed by atoms with Crippen LogP contribution in [0.4, 0.5) is 0 Å². The number of hydrogen-bond acceptors (Lipinski definition) is 5. The van der Waals surface area contributed by atoms with Crippen molar-refractivity contribution in [3.63, 3.8) is 0 Å².